The van der Waals surface area contributed by atoms with Gasteiger partial charge in [-0.25, -0.2) is 4.98 Å². The molecule has 2 aromatic carbocycles. The van der Waals surface area contributed by atoms with E-state index in [-0.39, 0.29) is 6.42 Å². The number of benzene rings is 2. The maximum absolute atomic E-state index is 10.7. The molecule has 0 atom stereocenters. The van der Waals surface area contributed by atoms with Gasteiger partial charge in [0.05, 0.1) is 6.42 Å². The zero-order valence-corrected chi connectivity index (χ0v) is 12.7. The van der Waals surface area contributed by atoms with Gasteiger partial charge in [0.15, 0.2) is 0 Å². The number of carboxylic acids is 1. The summed E-state index contributed by atoms with van der Waals surface area (Å²) in [5.41, 5.74) is 3.18. The number of aliphatic carboxylic acids is 1. The number of imidazole rings is 1. The van der Waals surface area contributed by atoms with Crippen LogP contribution in [0.25, 0.3) is 0 Å². The van der Waals surface area contributed by atoms with Crippen LogP contribution in [-0.2, 0) is 24.2 Å². The monoisotopic (exact) mass is 306 g/mol. The highest BCUT2D eigenvalue weighted by Gasteiger charge is 2.06. The molecule has 0 aliphatic rings. The lowest BCUT2D eigenvalue weighted by Crippen LogP contribution is -2.05. The number of carbonyl (C=O) groups is 1. The van der Waals surface area contributed by atoms with Crippen molar-refractivity contribution in [2.45, 2.75) is 19.4 Å². The van der Waals surface area contributed by atoms with E-state index >= 15 is 0 Å². The third-order valence-corrected chi connectivity index (χ3v) is 3.74. The number of rotatable bonds is 6. The first-order valence-corrected chi connectivity index (χ1v) is 7.54. The Morgan fingerprint density at radius 3 is 2.35 bits per heavy atom. The first-order chi connectivity index (χ1) is 11.2. The van der Waals surface area contributed by atoms with Crippen LogP contribution in [-0.4, -0.2) is 20.6 Å². The Morgan fingerprint density at radius 1 is 0.957 bits per heavy atom. The van der Waals surface area contributed by atoms with E-state index in [1.54, 1.807) is 0 Å². The molecule has 3 aromatic rings. The normalized spacial score (nSPS) is 10.6. The fraction of sp³-hybridized carbons (Fsp3) is 0.158. The third kappa shape index (κ3) is 4.07. The van der Waals surface area contributed by atoms with E-state index in [1.165, 1.54) is 5.56 Å². The minimum Gasteiger partial charge on any atom is -0.481 e. The van der Waals surface area contributed by atoms with Crippen molar-refractivity contribution in [3.05, 3.63) is 89.5 Å². The predicted molar refractivity (Wildman–Crippen MR) is 88.4 cm³/mol. The molecule has 0 radical (unpaired) electrons. The van der Waals surface area contributed by atoms with Crippen LogP contribution in [0.5, 0.6) is 0 Å². The highest BCUT2D eigenvalue weighted by Crippen LogP contribution is 2.12. The molecular weight excluding hydrogens is 288 g/mol. The van der Waals surface area contributed by atoms with Crippen LogP contribution in [0.2, 0.25) is 0 Å². The van der Waals surface area contributed by atoms with E-state index in [0.29, 0.717) is 0 Å². The Kier molecular flexibility index (Phi) is 4.52. The van der Waals surface area contributed by atoms with E-state index in [1.807, 2.05) is 54.9 Å². The molecule has 3 rings (SSSR count). The van der Waals surface area contributed by atoms with Gasteiger partial charge in [0.1, 0.15) is 5.82 Å². The summed E-state index contributed by atoms with van der Waals surface area (Å²) in [6, 6.07) is 18.0. The smallest absolute Gasteiger partial charge is 0.307 e. The van der Waals surface area contributed by atoms with E-state index in [9.17, 15) is 4.79 Å². The van der Waals surface area contributed by atoms with Gasteiger partial charge in [0.2, 0.25) is 0 Å². The molecule has 116 valence electrons. The van der Waals surface area contributed by atoms with Gasteiger partial charge in [0, 0.05) is 25.4 Å². The minimum absolute atomic E-state index is 0.0601. The van der Waals surface area contributed by atoms with Crippen LogP contribution in [0.3, 0.4) is 0 Å². The van der Waals surface area contributed by atoms with Crippen LogP contribution >= 0.6 is 0 Å². The van der Waals surface area contributed by atoms with Crippen LogP contribution < -0.4 is 0 Å². The lowest BCUT2D eigenvalue weighted by atomic mass is 10.1. The second-order valence-electron chi connectivity index (χ2n) is 5.52. The van der Waals surface area contributed by atoms with Gasteiger partial charge >= 0.3 is 5.97 Å². The predicted octanol–water partition coefficient (Wildman–Crippen LogP) is 3.15. The Labute approximate surface area is 135 Å². The maximum Gasteiger partial charge on any atom is 0.307 e. The van der Waals surface area contributed by atoms with Gasteiger partial charge in [-0.05, 0) is 16.7 Å². The Morgan fingerprint density at radius 2 is 1.65 bits per heavy atom. The zero-order valence-electron chi connectivity index (χ0n) is 12.7. The molecule has 0 amide bonds. The van der Waals surface area contributed by atoms with Crippen molar-refractivity contribution in [3.8, 4) is 0 Å². The summed E-state index contributed by atoms with van der Waals surface area (Å²) < 4.78 is 2.12. The fourth-order valence-corrected chi connectivity index (χ4v) is 2.56. The summed E-state index contributed by atoms with van der Waals surface area (Å²) in [6.45, 7) is 0.732. The highest BCUT2D eigenvalue weighted by molar-refractivity contribution is 5.70. The molecule has 4 nitrogen and oxygen atoms in total. The van der Waals surface area contributed by atoms with Crippen molar-refractivity contribution in [1.29, 1.82) is 0 Å². The van der Waals surface area contributed by atoms with Gasteiger partial charge in [-0.2, -0.15) is 0 Å². The Balaban J connectivity index is 1.71. The molecule has 1 heterocycles. The second-order valence-corrected chi connectivity index (χ2v) is 5.52. The largest absolute Gasteiger partial charge is 0.481 e. The summed E-state index contributed by atoms with van der Waals surface area (Å²) >= 11 is 0. The van der Waals surface area contributed by atoms with E-state index in [2.05, 4.69) is 21.7 Å². The van der Waals surface area contributed by atoms with Crippen LogP contribution in [0.1, 0.15) is 22.5 Å². The first kappa shape index (κ1) is 15.0. The SMILES string of the molecule is O=C(O)Cc1ccc(Cn2ccnc2Cc2ccccc2)cc1. The number of carboxylic acid groups (broad SMARTS) is 1. The average molecular weight is 306 g/mol. The van der Waals surface area contributed by atoms with Gasteiger partial charge in [0.25, 0.3) is 0 Å². The van der Waals surface area contributed by atoms with Crippen molar-refractivity contribution >= 4 is 5.97 Å². The van der Waals surface area contributed by atoms with E-state index in [0.717, 1.165) is 29.9 Å². The Hall–Kier alpha value is -2.88. The van der Waals surface area contributed by atoms with E-state index < -0.39 is 5.97 Å². The number of nitrogens with zero attached hydrogens (tertiary/aromatic N) is 2. The van der Waals surface area contributed by atoms with E-state index in [4.69, 9.17) is 5.11 Å². The summed E-state index contributed by atoms with van der Waals surface area (Å²) in [6.07, 6.45) is 4.65. The summed E-state index contributed by atoms with van der Waals surface area (Å²) in [4.78, 5) is 15.2. The van der Waals surface area contributed by atoms with Crippen LogP contribution in [0, 0.1) is 0 Å². The number of aromatic nitrogens is 2. The highest BCUT2D eigenvalue weighted by atomic mass is 16.4. The number of hydrogen-bond acceptors (Lipinski definition) is 2. The fourth-order valence-electron chi connectivity index (χ4n) is 2.56. The van der Waals surface area contributed by atoms with Gasteiger partial charge in [-0.1, -0.05) is 54.6 Å². The molecule has 0 aliphatic heterocycles. The van der Waals surface area contributed by atoms with Crippen molar-refractivity contribution in [1.82, 2.24) is 9.55 Å². The quantitative estimate of drug-likeness (QED) is 0.761. The molecule has 4 heteroatoms. The lowest BCUT2D eigenvalue weighted by molar-refractivity contribution is -0.136. The third-order valence-electron chi connectivity index (χ3n) is 3.74. The van der Waals surface area contributed by atoms with Crippen molar-refractivity contribution < 1.29 is 9.90 Å². The lowest BCUT2D eigenvalue weighted by Gasteiger charge is -2.09. The van der Waals surface area contributed by atoms with Crippen LogP contribution in [0.4, 0.5) is 0 Å². The number of hydrogen-bond donors (Lipinski definition) is 1. The van der Waals surface area contributed by atoms with Crippen molar-refractivity contribution in [2.75, 3.05) is 0 Å². The Bertz CT molecular complexity index is 777. The minimum atomic E-state index is -0.808. The summed E-state index contributed by atoms with van der Waals surface area (Å²) in [7, 11) is 0. The molecule has 0 unspecified atom stereocenters. The second kappa shape index (κ2) is 6.92. The molecule has 0 fully saturated rings. The summed E-state index contributed by atoms with van der Waals surface area (Å²) in [5.74, 6) is 0.211. The molecule has 1 aromatic heterocycles. The first-order valence-electron chi connectivity index (χ1n) is 7.54. The average Bonchev–Trinajstić information content (AvgIpc) is 2.97. The van der Waals surface area contributed by atoms with Crippen molar-refractivity contribution in [2.24, 2.45) is 0 Å². The summed E-state index contributed by atoms with van der Waals surface area (Å²) in [5, 5.41) is 8.81. The molecule has 0 spiro atoms. The van der Waals surface area contributed by atoms with Crippen molar-refractivity contribution in [3.63, 3.8) is 0 Å². The standard InChI is InChI=1S/C19H18N2O2/c22-19(23)13-16-6-8-17(9-7-16)14-21-11-10-20-18(21)12-15-4-2-1-3-5-15/h1-11H,12-14H2,(H,22,23). The maximum atomic E-state index is 10.7. The van der Waals surface area contributed by atoms with Gasteiger partial charge in [-0.3, -0.25) is 4.79 Å². The molecule has 0 saturated carbocycles. The van der Waals surface area contributed by atoms with Crippen LogP contribution in [0.15, 0.2) is 67.0 Å². The molecule has 1 N–H and O–H groups in total. The zero-order chi connectivity index (χ0) is 16.1. The molecule has 0 bridgehead atoms. The molecule has 23 heavy (non-hydrogen) atoms. The molecular formula is C19H18N2O2. The molecule has 0 saturated heterocycles. The van der Waals surface area contributed by atoms with Gasteiger partial charge in [-0.15, -0.1) is 0 Å². The topological polar surface area (TPSA) is 55.1 Å². The molecule has 0 aliphatic carbocycles. The van der Waals surface area contributed by atoms with Gasteiger partial charge < -0.3 is 9.67 Å².